The number of hydrogen-bond donors (Lipinski definition) is 1. The summed E-state index contributed by atoms with van der Waals surface area (Å²) in [7, 11) is 0. The fourth-order valence-corrected chi connectivity index (χ4v) is 3.20. The van der Waals surface area contributed by atoms with Crippen LogP contribution in [0, 0.1) is 0 Å². The molecule has 1 aromatic heterocycles. The molecule has 2 aromatic rings. The van der Waals surface area contributed by atoms with Crippen molar-refractivity contribution in [3.8, 4) is 11.3 Å². The summed E-state index contributed by atoms with van der Waals surface area (Å²) in [6, 6.07) is 6.08. The molecule has 0 saturated heterocycles. The van der Waals surface area contributed by atoms with E-state index in [9.17, 15) is 4.79 Å². The van der Waals surface area contributed by atoms with Crippen LogP contribution in [0.3, 0.4) is 0 Å². The number of fused-ring (bicyclic) bond motifs is 3. The minimum atomic E-state index is 0.0422. The van der Waals surface area contributed by atoms with Crippen molar-refractivity contribution in [2.45, 2.75) is 6.42 Å². The molecular formula is C10H6BrNOS. The zero-order chi connectivity index (χ0) is 9.71. The number of aromatic nitrogens is 1. The maximum absolute atomic E-state index is 11.1. The number of rotatable bonds is 0. The van der Waals surface area contributed by atoms with Crippen LogP contribution in [0.2, 0.25) is 0 Å². The number of hydrogen-bond acceptors (Lipinski definition) is 2. The van der Waals surface area contributed by atoms with E-state index in [4.69, 9.17) is 0 Å². The Hall–Kier alpha value is -0.870. The molecule has 0 saturated carbocycles. The van der Waals surface area contributed by atoms with Gasteiger partial charge in [-0.3, -0.25) is 4.79 Å². The summed E-state index contributed by atoms with van der Waals surface area (Å²) < 4.78 is 1.12. The standard InChI is InChI=1S/C10H6BrNOS/c11-7-3-1-2-5-6(7)4-8-9(5)12-10(13)14-8/h1-3H,4H2,(H,12,13). The van der Waals surface area contributed by atoms with Crippen LogP contribution in [0.15, 0.2) is 27.5 Å². The third-order valence-corrected chi connectivity index (χ3v) is 4.07. The van der Waals surface area contributed by atoms with E-state index in [1.165, 1.54) is 16.9 Å². The Bertz CT molecular complexity index is 570. The van der Waals surface area contributed by atoms with Gasteiger partial charge in [0.2, 0.25) is 0 Å². The number of H-pyrrole nitrogens is 1. The molecule has 1 aromatic carbocycles. The molecule has 0 aliphatic heterocycles. The predicted octanol–water partition coefficient (Wildman–Crippen LogP) is 2.77. The van der Waals surface area contributed by atoms with Crippen LogP contribution >= 0.6 is 27.3 Å². The van der Waals surface area contributed by atoms with Gasteiger partial charge in [-0.1, -0.05) is 39.4 Å². The number of thiazole rings is 1. The minimum Gasteiger partial charge on any atom is -0.312 e. The molecule has 3 rings (SSSR count). The van der Waals surface area contributed by atoms with Crippen LogP contribution in [0.1, 0.15) is 10.4 Å². The zero-order valence-electron chi connectivity index (χ0n) is 7.13. The lowest BCUT2D eigenvalue weighted by Crippen LogP contribution is -1.93. The quantitative estimate of drug-likeness (QED) is 0.668. The first-order valence-electron chi connectivity index (χ1n) is 4.25. The first-order chi connectivity index (χ1) is 6.75. The van der Waals surface area contributed by atoms with Crippen molar-refractivity contribution in [2.75, 3.05) is 0 Å². The van der Waals surface area contributed by atoms with Gasteiger partial charge >= 0.3 is 4.87 Å². The number of halogens is 1. The highest BCUT2D eigenvalue weighted by molar-refractivity contribution is 9.10. The summed E-state index contributed by atoms with van der Waals surface area (Å²) in [5.74, 6) is 0. The van der Waals surface area contributed by atoms with Gasteiger partial charge in [0.25, 0.3) is 0 Å². The monoisotopic (exact) mass is 267 g/mol. The molecule has 0 amide bonds. The fraction of sp³-hybridized carbons (Fsp3) is 0.100. The Kier molecular flexibility index (Phi) is 1.69. The van der Waals surface area contributed by atoms with Crippen molar-refractivity contribution in [3.63, 3.8) is 0 Å². The van der Waals surface area contributed by atoms with E-state index < -0.39 is 0 Å². The Labute approximate surface area is 92.7 Å². The lowest BCUT2D eigenvalue weighted by molar-refractivity contribution is 1.29. The first-order valence-corrected chi connectivity index (χ1v) is 5.86. The molecule has 1 N–H and O–H groups in total. The minimum absolute atomic E-state index is 0.0422. The van der Waals surface area contributed by atoms with Gasteiger partial charge < -0.3 is 4.98 Å². The van der Waals surface area contributed by atoms with E-state index in [-0.39, 0.29) is 4.87 Å². The van der Waals surface area contributed by atoms with Crippen LogP contribution in [0.4, 0.5) is 0 Å². The van der Waals surface area contributed by atoms with Gasteiger partial charge in [-0.15, -0.1) is 0 Å². The highest BCUT2D eigenvalue weighted by Crippen LogP contribution is 2.39. The molecule has 0 spiro atoms. The van der Waals surface area contributed by atoms with Crippen LogP contribution in [0.25, 0.3) is 11.3 Å². The molecule has 0 bridgehead atoms. The average molecular weight is 268 g/mol. The summed E-state index contributed by atoms with van der Waals surface area (Å²) in [6.45, 7) is 0. The molecule has 1 aliphatic carbocycles. The third kappa shape index (κ3) is 1.04. The van der Waals surface area contributed by atoms with Crippen LogP contribution in [-0.2, 0) is 6.42 Å². The van der Waals surface area contributed by atoms with Crippen molar-refractivity contribution in [1.29, 1.82) is 0 Å². The van der Waals surface area contributed by atoms with Gasteiger partial charge in [0.1, 0.15) is 0 Å². The van der Waals surface area contributed by atoms with Crippen LogP contribution in [-0.4, -0.2) is 4.98 Å². The lowest BCUT2D eigenvalue weighted by Gasteiger charge is -2.00. The van der Waals surface area contributed by atoms with Crippen molar-refractivity contribution < 1.29 is 0 Å². The van der Waals surface area contributed by atoms with Crippen molar-refractivity contribution in [2.24, 2.45) is 0 Å². The van der Waals surface area contributed by atoms with Gasteiger partial charge in [0.15, 0.2) is 0 Å². The molecule has 4 heteroatoms. The second-order valence-electron chi connectivity index (χ2n) is 3.26. The summed E-state index contributed by atoms with van der Waals surface area (Å²) in [4.78, 5) is 15.2. The third-order valence-electron chi connectivity index (χ3n) is 2.45. The average Bonchev–Trinajstić information content (AvgIpc) is 2.63. The van der Waals surface area contributed by atoms with Crippen molar-refractivity contribution in [1.82, 2.24) is 4.98 Å². The Morgan fingerprint density at radius 2 is 2.29 bits per heavy atom. The first kappa shape index (κ1) is 8.44. The van der Waals surface area contributed by atoms with Gasteiger partial charge in [-0.2, -0.15) is 0 Å². The van der Waals surface area contributed by atoms with Crippen molar-refractivity contribution >= 4 is 27.3 Å². The Morgan fingerprint density at radius 3 is 3.14 bits per heavy atom. The largest absolute Gasteiger partial charge is 0.312 e. The summed E-state index contributed by atoms with van der Waals surface area (Å²) in [6.07, 6.45) is 0.871. The molecule has 1 heterocycles. The number of aromatic amines is 1. The highest BCUT2D eigenvalue weighted by atomic mass is 79.9. The smallest absolute Gasteiger partial charge is 0.305 e. The van der Waals surface area contributed by atoms with Gasteiger partial charge in [0, 0.05) is 21.3 Å². The Morgan fingerprint density at radius 1 is 1.43 bits per heavy atom. The van der Waals surface area contributed by atoms with Gasteiger partial charge in [0.05, 0.1) is 5.69 Å². The second kappa shape index (κ2) is 2.81. The molecule has 14 heavy (non-hydrogen) atoms. The molecule has 0 radical (unpaired) electrons. The predicted molar refractivity (Wildman–Crippen MR) is 60.9 cm³/mol. The van der Waals surface area contributed by atoms with E-state index >= 15 is 0 Å². The molecule has 70 valence electrons. The molecule has 0 fully saturated rings. The topological polar surface area (TPSA) is 32.9 Å². The van der Waals surface area contributed by atoms with Crippen LogP contribution in [0.5, 0.6) is 0 Å². The summed E-state index contributed by atoms with van der Waals surface area (Å²) in [5.41, 5.74) is 3.45. The van der Waals surface area contributed by atoms with Gasteiger partial charge in [-0.05, 0) is 11.6 Å². The van der Waals surface area contributed by atoms with E-state index in [0.29, 0.717) is 0 Å². The molecule has 2 nitrogen and oxygen atoms in total. The molecule has 0 unspecified atom stereocenters. The number of benzene rings is 1. The molecular weight excluding hydrogens is 262 g/mol. The summed E-state index contributed by atoms with van der Waals surface area (Å²) >= 11 is 4.83. The zero-order valence-corrected chi connectivity index (χ0v) is 9.54. The SMILES string of the molecule is O=c1[nH]c2c(s1)Cc1c(Br)cccc1-2. The second-order valence-corrected chi connectivity index (χ2v) is 5.18. The van der Waals surface area contributed by atoms with E-state index in [0.717, 1.165) is 27.0 Å². The number of nitrogens with one attached hydrogen (secondary N) is 1. The fourth-order valence-electron chi connectivity index (χ4n) is 1.84. The van der Waals surface area contributed by atoms with Crippen molar-refractivity contribution in [3.05, 3.63) is 42.8 Å². The lowest BCUT2D eigenvalue weighted by atomic mass is 10.1. The molecule has 0 atom stereocenters. The van der Waals surface area contributed by atoms with E-state index in [1.807, 2.05) is 12.1 Å². The van der Waals surface area contributed by atoms with E-state index in [1.54, 1.807) is 0 Å². The Balaban J connectivity index is 2.35. The normalized spacial score (nSPS) is 12.6. The maximum Gasteiger partial charge on any atom is 0.305 e. The molecule has 1 aliphatic rings. The van der Waals surface area contributed by atoms with Gasteiger partial charge in [-0.25, -0.2) is 0 Å². The summed E-state index contributed by atoms with van der Waals surface area (Å²) in [5, 5.41) is 0. The van der Waals surface area contributed by atoms with E-state index in [2.05, 4.69) is 27.0 Å². The highest BCUT2D eigenvalue weighted by Gasteiger charge is 2.22. The van der Waals surface area contributed by atoms with Crippen LogP contribution < -0.4 is 4.87 Å². The maximum atomic E-state index is 11.1.